The zero-order chi connectivity index (χ0) is 14.0. The highest BCUT2D eigenvalue weighted by Gasteiger charge is 2.26. The Balaban J connectivity index is 2.48. The Morgan fingerprint density at radius 3 is 2.42 bits per heavy atom. The Morgan fingerprint density at radius 2 is 1.95 bits per heavy atom. The fraction of sp³-hybridized carbons (Fsp3) is 0.333. The maximum atomic E-state index is 12.6. The molecule has 0 saturated heterocycles. The average molecular weight is 280 g/mol. The summed E-state index contributed by atoms with van der Waals surface area (Å²) in [4.78, 5) is 7.99. The fourth-order valence-corrected chi connectivity index (χ4v) is 3.27. The molecule has 6 nitrogen and oxygen atoms in total. The number of pyridine rings is 1. The molecule has 2 heterocycles. The van der Waals surface area contributed by atoms with E-state index in [1.165, 1.54) is 10.5 Å². The van der Waals surface area contributed by atoms with Crippen molar-refractivity contribution in [1.29, 1.82) is 0 Å². The third kappa shape index (κ3) is 2.46. The van der Waals surface area contributed by atoms with Crippen molar-refractivity contribution in [2.45, 2.75) is 18.9 Å². The molecule has 0 aliphatic heterocycles. The normalized spacial score (nSPS) is 11.5. The van der Waals surface area contributed by atoms with Crippen LogP contribution >= 0.6 is 0 Å². The number of aryl methyl sites for hydroxylation is 2. The molecule has 0 atom stereocenters. The van der Waals surface area contributed by atoms with Crippen LogP contribution in [0.25, 0.3) is 0 Å². The summed E-state index contributed by atoms with van der Waals surface area (Å²) in [6.07, 6.45) is 4.66. The Morgan fingerprint density at radius 1 is 1.32 bits per heavy atom. The molecule has 0 N–H and O–H groups in total. The summed E-state index contributed by atoms with van der Waals surface area (Å²) in [7, 11) is -1.86. The van der Waals surface area contributed by atoms with E-state index in [0.29, 0.717) is 18.1 Å². The Labute approximate surface area is 112 Å². The van der Waals surface area contributed by atoms with Gasteiger partial charge in [-0.15, -0.1) is 0 Å². The van der Waals surface area contributed by atoms with Gasteiger partial charge >= 0.3 is 0 Å². The molecule has 0 unspecified atom stereocenters. The minimum atomic E-state index is -3.63. The van der Waals surface area contributed by atoms with Gasteiger partial charge in [-0.1, -0.05) is 0 Å². The molecule has 0 aliphatic rings. The van der Waals surface area contributed by atoms with Crippen LogP contribution in [0.2, 0.25) is 0 Å². The lowest BCUT2D eigenvalue weighted by Gasteiger charge is -2.21. The first-order chi connectivity index (χ1) is 8.96. The molecule has 0 aliphatic carbocycles. The minimum Gasteiger partial charge on any atom is -0.337 e. The summed E-state index contributed by atoms with van der Waals surface area (Å²) >= 11 is 0. The van der Waals surface area contributed by atoms with E-state index in [9.17, 15) is 8.42 Å². The largest absolute Gasteiger partial charge is 0.337 e. The van der Waals surface area contributed by atoms with Crippen molar-refractivity contribution < 1.29 is 8.42 Å². The van der Waals surface area contributed by atoms with Gasteiger partial charge in [0.15, 0.2) is 5.03 Å². The lowest BCUT2D eigenvalue weighted by molar-refractivity contribution is 0.588. The molecule has 2 aromatic heterocycles. The van der Waals surface area contributed by atoms with Gasteiger partial charge in [-0.2, -0.15) is 8.42 Å². The van der Waals surface area contributed by atoms with Crippen LogP contribution in [0, 0.1) is 6.92 Å². The molecular weight excluding hydrogens is 264 g/mol. The highest BCUT2D eigenvalue weighted by Crippen LogP contribution is 2.21. The zero-order valence-corrected chi connectivity index (χ0v) is 11.9. The van der Waals surface area contributed by atoms with E-state index in [0.717, 1.165) is 0 Å². The van der Waals surface area contributed by atoms with Crippen molar-refractivity contribution >= 4 is 15.7 Å². The van der Waals surface area contributed by atoms with Crippen LogP contribution in [-0.2, 0) is 17.1 Å². The van der Waals surface area contributed by atoms with Gasteiger partial charge in [0.1, 0.15) is 5.82 Å². The standard InChI is InChI=1S/C12H16N4O2S/c1-4-16(11-5-7-13-8-6-11)19(17,18)12-9-15(3)10(2)14-12/h5-9H,4H2,1-3H3. The van der Waals surface area contributed by atoms with Crippen LogP contribution in [0.5, 0.6) is 0 Å². The number of rotatable bonds is 4. The quantitative estimate of drug-likeness (QED) is 0.847. The smallest absolute Gasteiger partial charge is 0.283 e. The molecule has 0 bridgehead atoms. The SMILES string of the molecule is CCN(c1ccncc1)S(=O)(=O)c1cn(C)c(C)n1. The van der Waals surface area contributed by atoms with Gasteiger partial charge in [-0.3, -0.25) is 9.29 Å². The molecule has 0 radical (unpaired) electrons. The lowest BCUT2D eigenvalue weighted by atomic mass is 10.4. The van der Waals surface area contributed by atoms with Crippen molar-refractivity contribution in [2.75, 3.05) is 10.8 Å². The van der Waals surface area contributed by atoms with Crippen molar-refractivity contribution in [3.63, 3.8) is 0 Å². The van der Waals surface area contributed by atoms with E-state index < -0.39 is 10.0 Å². The first-order valence-corrected chi connectivity index (χ1v) is 7.33. The maximum Gasteiger partial charge on any atom is 0.283 e. The molecule has 7 heteroatoms. The number of hydrogen-bond donors (Lipinski definition) is 0. The van der Waals surface area contributed by atoms with Crippen LogP contribution in [0.4, 0.5) is 5.69 Å². The monoisotopic (exact) mass is 280 g/mol. The Kier molecular flexibility index (Phi) is 3.57. The first-order valence-electron chi connectivity index (χ1n) is 5.89. The first kappa shape index (κ1) is 13.5. The average Bonchev–Trinajstić information content (AvgIpc) is 2.72. The van der Waals surface area contributed by atoms with Gasteiger partial charge in [0.05, 0.1) is 5.69 Å². The van der Waals surface area contributed by atoms with E-state index in [-0.39, 0.29) is 5.03 Å². The molecule has 0 amide bonds. The number of nitrogens with zero attached hydrogens (tertiary/aromatic N) is 4. The van der Waals surface area contributed by atoms with E-state index in [1.54, 1.807) is 50.0 Å². The van der Waals surface area contributed by atoms with E-state index in [4.69, 9.17) is 0 Å². The van der Waals surface area contributed by atoms with E-state index >= 15 is 0 Å². The lowest BCUT2D eigenvalue weighted by Crippen LogP contribution is -2.31. The molecule has 0 fully saturated rings. The topological polar surface area (TPSA) is 68.1 Å². The molecule has 0 aromatic carbocycles. The Hall–Kier alpha value is -1.89. The number of sulfonamides is 1. The molecular formula is C12H16N4O2S. The van der Waals surface area contributed by atoms with Gasteiger partial charge in [-0.05, 0) is 26.0 Å². The number of imidazole rings is 1. The van der Waals surface area contributed by atoms with Crippen LogP contribution in [-0.4, -0.2) is 29.5 Å². The van der Waals surface area contributed by atoms with Crippen molar-refractivity contribution in [2.24, 2.45) is 7.05 Å². The second kappa shape index (κ2) is 5.00. The predicted molar refractivity (Wildman–Crippen MR) is 72.4 cm³/mol. The van der Waals surface area contributed by atoms with Crippen molar-refractivity contribution in [3.05, 3.63) is 36.5 Å². The second-order valence-electron chi connectivity index (χ2n) is 4.11. The van der Waals surface area contributed by atoms with Crippen LogP contribution in [0.15, 0.2) is 35.7 Å². The van der Waals surface area contributed by atoms with Crippen LogP contribution in [0.1, 0.15) is 12.7 Å². The van der Waals surface area contributed by atoms with Gasteiger partial charge in [0, 0.05) is 32.2 Å². The van der Waals surface area contributed by atoms with Gasteiger partial charge in [-0.25, -0.2) is 4.98 Å². The summed E-state index contributed by atoms with van der Waals surface area (Å²) in [6, 6.07) is 3.33. The molecule has 19 heavy (non-hydrogen) atoms. The van der Waals surface area contributed by atoms with Gasteiger partial charge in [0.2, 0.25) is 0 Å². The van der Waals surface area contributed by atoms with Gasteiger partial charge < -0.3 is 4.57 Å². The maximum absolute atomic E-state index is 12.6. The third-order valence-corrected chi connectivity index (χ3v) is 4.65. The van der Waals surface area contributed by atoms with Crippen molar-refractivity contribution in [3.8, 4) is 0 Å². The molecule has 2 aromatic rings. The highest BCUT2D eigenvalue weighted by atomic mass is 32.2. The fourth-order valence-electron chi connectivity index (χ4n) is 1.77. The molecule has 0 spiro atoms. The summed E-state index contributed by atoms with van der Waals surface area (Å²) in [5.74, 6) is 0.657. The van der Waals surface area contributed by atoms with Crippen LogP contribution in [0.3, 0.4) is 0 Å². The highest BCUT2D eigenvalue weighted by molar-refractivity contribution is 7.92. The number of anilines is 1. The zero-order valence-electron chi connectivity index (χ0n) is 11.1. The van der Waals surface area contributed by atoms with E-state index in [1.807, 2.05) is 0 Å². The van der Waals surface area contributed by atoms with E-state index in [2.05, 4.69) is 9.97 Å². The summed E-state index contributed by atoms with van der Waals surface area (Å²) in [5, 5.41) is 0.0613. The third-order valence-electron chi connectivity index (χ3n) is 2.88. The van der Waals surface area contributed by atoms with Gasteiger partial charge in [0.25, 0.3) is 10.0 Å². The minimum absolute atomic E-state index is 0.0613. The second-order valence-corrected chi connectivity index (χ2v) is 5.92. The number of aromatic nitrogens is 3. The summed E-state index contributed by atoms with van der Waals surface area (Å²) in [5.41, 5.74) is 0.584. The van der Waals surface area contributed by atoms with Crippen molar-refractivity contribution in [1.82, 2.24) is 14.5 Å². The molecule has 102 valence electrons. The summed E-state index contributed by atoms with van der Waals surface area (Å²) < 4.78 is 28.1. The Bertz CT molecular complexity index is 645. The summed E-state index contributed by atoms with van der Waals surface area (Å²) in [6.45, 7) is 3.89. The molecule has 0 saturated carbocycles. The number of hydrogen-bond acceptors (Lipinski definition) is 4. The molecule has 2 rings (SSSR count). The van der Waals surface area contributed by atoms with Crippen LogP contribution < -0.4 is 4.31 Å². The predicted octanol–water partition coefficient (Wildman–Crippen LogP) is 1.34.